The molecule has 0 saturated carbocycles. The number of rotatable bonds is 9. The number of thioether (sulfide) groups is 1. The monoisotopic (exact) mass is 405 g/mol. The van der Waals surface area contributed by atoms with Crippen LogP contribution in [0.15, 0.2) is 59.5 Å². The second kappa shape index (κ2) is 11.0. The molecule has 0 aliphatic carbocycles. The lowest BCUT2D eigenvalue weighted by Gasteiger charge is -2.21. The first-order chi connectivity index (χ1) is 13.0. The molecule has 2 aromatic rings. The van der Waals surface area contributed by atoms with E-state index < -0.39 is 12.0 Å². The van der Waals surface area contributed by atoms with Gasteiger partial charge in [-0.15, -0.1) is 11.8 Å². The normalized spacial score (nSPS) is 11.9. The maximum Gasteiger partial charge on any atom is 0.328 e. The Kier molecular flexibility index (Phi) is 8.69. The number of benzene rings is 2. The van der Waals surface area contributed by atoms with Gasteiger partial charge < -0.3 is 10.1 Å². The number of esters is 1. The lowest BCUT2D eigenvalue weighted by molar-refractivity contribution is -0.148. The van der Waals surface area contributed by atoms with Gasteiger partial charge in [0.25, 0.3) is 0 Å². The van der Waals surface area contributed by atoms with E-state index in [1.165, 1.54) is 0 Å². The zero-order chi connectivity index (χ0) is 19.6. The van der Waals surface area contributed by atoms with Crippen molar-refractivity contribution in [3.8, 4) is 0 Å². The van der Waals surface area contributed by atoms with Crippen molar-refractivity contribution in [2.75, 3.05) is 12.4 Å². The fourth-order valence-corrected chi connectivity index (χ4v) is 3.28. The summed E-state index contributed by atoms with van der Waals surface area (Å²) in [6.07, 6.45) is 0.240. The Balaban J connectivity index is 1.78. The second-order valence-electron chi connectivity index (χ2n) is 6.42. The molecular weight excluding hydrogens is 382 g/mol. The molecule has 4 nitrogen and oxygen atoms in total. The van der Waals surface area contributed by atoms with Crippen LogP contribution in [0.25, 0.3) is 0 Å². The number of carbonyl (C=O) groups excluding carboxylic acids is 2. The fourth-order valence-electron chi connectivity index (χ4n) is 2.43. The van der Waals surface area contributed by atoms with Gasteiger partial charge in [-0.25, -0.2) is 4.79 Å². The maximum atomic E-state index is 12.4. The molecule has 6 heteroatoms. The molecule has 27 heavy (non-hydrogen) atoms. The number of amides is 1. The molecule has 0 saturated heterocycles. The molecule has 0 spiro atoms. The smallest absolute Gasteiger partial charge is 0.328 e. The van der Waals surface area contributed by atoms with Crippen LogP contribution in [0.3, 0.4) is 0 Å². The lowest BCUT2D eigenvalue weighted by Crippen LogP contribution is -2.46. The van der Waals surface area contributed by atoms with Crippen LogP contribution in [0.5, 0.6) is 0 Å². The van der Waals surface area contributed by atoms with Gasteiger partial charge in [-0.2, -0.15) is 0 Å². The Morgan fingerprint density at radius 1 is 1.07 bits per heavy atom. The van der Waals surface area contributed by atoms with Crippen LogP contribution in [0.4, 0.5) is 0 Å². The fraction of sp³-hybridized carbons (Fsp3) is 0.333. The highest BCUT2D eigenvalue weighted by Crippen LogP contribution is 2.20. The van der Waals surface area contributed by atoms with Gasteiger partial charge in [0.05, 0.1) is 6.42 Å². The van der Waals surface area contributed by atoms with E-state index in [-0.39, 0.29) is 24.9 Å². The Bertz CT molecular complexity index is 735. The average molecular weight is 406 g/mol. The number of carbonyl (C=O) groups is 2. The molecule has 0 unspecified atom stereocenters. The Morgan fingerprint density at radius 3 is 2.37 bits per heavy atom. The molecule has 2 rings (SSSR count). The van der Waals surface area contributed by atoms with Gasteiger partial charge >= 0.3 is 5.97 Å². The zero-order valence-electron chi connectivity index (χ0n) is 15.5. The first kappa shape index (κ1) is 21.3. The maximum absolute atomic E-state index is 12.4. The molecule has 0 radical (unpaired) electrons. The highest BCUT2D eigenvalue weighted by Gasteiger charge is 2.25. The molecule has 0 aliphatic heterocycles. The molecule has 144 valence electrons. The van der Waals surface area contributed by atoms with Gasteiger partial charge in [0.2, 0.25) is 5.91 Å². The van der Waals surface area contributed by atoms with Gasteiger partial charge in [0, 0.05) is 15.7 Å². The number of halogens is 1. The third-order valence-electron chi connectivity index (χ3n) is 3.85. The van der Waals surface area contributed by atoms with Crippen molar-refractivity contribution in [1.29, 1.82) is 0 Å². The summed E-state index contributed by atoms with van der Waals surface area (Å²) < 4.78 is 5.36. The Hall–Kier alpha value is -1.98. The number of nitrogens with one attached hydrogen (secondary N) is 1. The quantitative estimate of drug-likeness (QED) is 0.382. The van der Waals surface area contributed by atoms with E-state index in [1.54, 1.807) is 11.8 Å². The van der Waals surface area contributed by atoms with E-state index in [1.807, 2.05) is 68.4 Å². The van der Waals surface area contributed by atoms with Crippen molar-refractivity contribution in [2.45, 2.75) is 31.2 Å². The lowest BCUT2D eigenvalue weighted by atomic mass is 10.0. The van der Waals surface area contributed by atoms with Crippen molar-refractivity contribution in [2.24, 2.45) is 5.92 Å². The summed E-state index contributed by atoms with van der Waals surface area (Å²) in [5.41, 5.74) is 0.908. The summed E-state index contributed by atoms with van der Waals surface area (Å²) in [5, 5.41) is 3.49. The van der Waals surface area contributed by atoms with Gasteiger partial charge in [0.15, 0.2) is 0 Å². The van der Waals surface area contributed by atoms with Gasteiger partial charge in [-0.1, -0.05) is 55.8 Å². The van der Waals surface area contributed by atoms with Crippen molar-refractivity contribution >= 4 is 35.2 Å². The van der Waals surface area contributed by atoms with Crippen molar-refractivity contribution in [3.05, 3.63) is 65.2 Å². The predicted molar refractivity (Wildman–Crippen MR) is 110 cm³/mol. The molecular formula is C21H24ClNO3S. The zero-order valence-corrected chi connectivity index (χ0v) is 17.1. The van der Waals surface area contributed by atoms with Crippen LogP contribution in [0.1, 0.15) is 19.4 Å². The summed E-state index contributed by atoms with van der Waals surface area (Å²) >= 11 is 7.44. The molecule has 0 aromatic heterocycles. The second-order valence-corrected chi connectivity index (χ2v) is 8.03. The minimum absolute atomic E-state index is 0.0545. The van der Waals surface area contributed by atoms with E-state index in [4.69, 9.17) is 16.3 Å². The number of hydrogen-bond acceptors (Lipinski definition) is 4. The molecule has 1 amide bonds. The van der Waals surface area contributed by atoms with E-state index in [2.05, 4.69) is 5.32 Å². The van der Waals surface area contributed by atoms with Gasteiger partial charge in [0.1, 0.15) is 12.6 Å². The van der Waals surface area contributed by atoms with E-state index in [9.17, 15) is 9.59 Å². The van der Waals surface area contributed by atoms with Crippen LogP contribution < -0.4 is 5.32 Å². The first-order valence-corrected chi connectivity index (χ1v) is 10.2. The Morgan fingerprint density at radius 2 is 1.74 bits per heavy atom. The highest BCUT2D eigenvalue weighted by atomic mass is 35.5. The van der Waals surface area contributed by atoms with Crippen LogP contribution in [0, 0.1) is 5.92 Å². The minimum Gasteiger partial charge on any atom is -0.463 e. The van der Waals surface area contributed by atoms with Gasteiger partial charge in [-0.05, 0) is 35.7 Å². The molecule has 0 heterocycles. The number of hydrogen-bond donors (Lipinski definition) is 1. The minimum atomic E-state index is -0.651. The summed E-state index contributed by atoms with van der Waals surface area (Å²) in [7, 11) is 0. The molecule has 0 aliphatic rings. The van der Waals surface area contributed by atoms with E-state index in [0.29, 0.717) is 10.8 Å². The summed E-state index contributed by atoms with van der Waals surface area (Å²) in [6, 6.07) is 16.3. The number of ether oxygens (including phenoxy) is 1. The van der Waals surface area contributed by atoms with Crippen LogP contribution in [0.2, 0.25) is 5.02 Å². The third-order valence-corrected chi connectivity index (χ3v) is 5.08. The first-order valence-electron chi connectivity index (χ1n) is 8.84. The molecule has 1 atom stereocenters. The van der Waals surface area contributed by atoms with Crippen LogP contribution in [-0.4, -0.2) is 30.3 Å². The van der Waals surface area contributed by atoms with Crippen LogP contribution >= 0.6 is 23.4 Å². The highest BCUT2D eigenvalue weighted by molar-refractivity contribution is 7.99. The predicted octanol–water partition coefficient (Wildman–Crippen LogP) is 4.36. The summed E-state index contributed by atoms with van der Waals surface area (Å²) in [6.45, 7) is 4.05. The SMILES string of the molecule is CC(C)[C@H](NC(=O)Cc1ccccc1)C(=O)OCCSc1ccc(Cl)cc1. The van der Waals surface area contributed by atoms with E-state index >= 15 is 0 Å². The van der Waals surface area contributed by atoms with Gasteiger partial charge in [-0.3, -0.25) is 4.79 Å². The summed E-state index contributed by atoms with van der Waals surface area (Å²) in [5.74, 6) is -0.00692. The van der Waals surface area contributed by atoms with Crippen molar-refractivity contribution in [3.63, 3.8) is 0 Å². The summed E-state index contributed by atoms with van der Waals surface area (Å²) in [4.78, 5) is 25.7. The average Bonchev–Trinajstić information content (AvgIpc) is 2.65. The van der Waals surface area contributed by atoms with Crippen LogP contribution in [-0.2, 0) is 20.7 Å². The van der Waals surface area contributed by atoms with E-state index in [0.717, 1.165) is 10.5 Å². The molecule has 0 fully saturated rings. The molecule has 0 bridgehead atoms. The molecule has 1 N–H and O–H groups in total. The topological polar surface area (TPSA) is 55.4 Å². The largest absolute Gasteiger partial charge is 0.463 e. The Labute approximate surface area is 169 Å². The molecule has 2 aromatic carbocycles. The van der Waals surface area contributed by atoms with Crippen molar-refractivity contribution in [1.82, 2.24) is 5.32 Å². The van der Waals surface area contributed by atoms with Crippen molar-refractivity contribution < 1.29 is 14.3 Å². The third kappa shape index (κ3) is 7.65. The standard InChI is InChI=1S/C21H24ClNO3S/c1-15(2)20(23-19(24)14-16-6-4-3-5-7-16)21(25)26-12-13-27-18-10-8-17(22)9-11-18/h3-11,15,20H,12-14H2,1-2H3,(H,23,24)/t20-/m0/s1.